The summed E-state index contributed by atoms with van der Waals surface area (Å²) >= 11 is 0. The van der Waals surface area contributed by atoms with E-state index >= 15 is 0 Å². The molecule has 0 fully saturated rings. The van der Waals surface area contributed by atoms with E-state index in [2.05, 4.69) is 10.3 Å². The van der Waals surface area contributed by atoms with Gasteiger partial charge in [0.1, 0.15) is 5.76 Å². The molecule has 0 aliphatic heterocycles. The molecule has 0 spiro atoms. The first-order chi connectivity index (χ1) is 6.13. The molecule has 0 saturated heterocycles. The van der Waals surface area contributed by atoms with Crippen molar-refractivity contribution in [1.82, 2.24) is 10.3 Å². The number of carbonyl (C=O) groups is 1. The fourth-order valence-corrected chi connectivity index (χ4v) is 1.04. The second-order valence-corrected chi connectivity index (χ2v) is 2.87. The zero-order valence-corrected chi connectivity index (χ0v) is 8.18. The maximum absolute atomic E-state index is 10.9. The Morgan fingerprint density at radius 2 is 2.23 bits per heavy atom. The lowest BCUT2D eigenvalue weighted by Crippen LogP contribution is -2.21. The summed E-state index contributed by atoms with van der Waals surface area (Å²) in [5.41, 5.74) is 0.842. The van der Waals surface area contributed by atoms with Gasteiger partial charge in [0, 0.05) is 13.3 Å². The van der Waals surface area contributed by atoms with Crippen molar-refractivity contribution < 1.29 is 9.21 Å². The maximum Gasteiger partial charge on any atom is 0.220 e. The number of aryl methyl sites for hydroxylation is 2. The van der Waals surface area contributed by atoms with Crippen LogP contribution in [0.1, 0.15) is 30.7 Å². The maximum atomic E-state index is 10.9. The van der Waals surface area contributed by atoms with Crippen LogP contribution in [0.4, 0.5) is 0 Å². The summed E-state index contributed by atoms with van der Waals surface area (Å²) in [6.45, 7) is 5.90. The highest BCUT2D eigenvalue weighted by Crippen LogP contribution is 2.08. The molecule has 0 aromatic carbocycles. The number of hydrogen-bond donors (Lipinski definition) is 1. The molecule has 1 aromatic heterocycles. The van der Waals surface area contributed by atoms with E-state index in [4.69, 9.17) is 4.42 Å². The number of oxazole rings is 1. The lowest BCUT2D eigenvalue weighted by molar-refractivity contribution is -0.121. The summed E-state index contributed by atoms with van der Waals surface area (Å²) in [5, 5.41) is 2.73. The van der Waals surface area contributed by atoms with E-state index in [1.54, 1.807) is 6.92 Å². The molecule has 0 saturated carbocycles. The molecule has 0 aliphatic carbocycles. The molecule has 1 amide bonds. The van der Waals surface area contributed by atoms with Crippen LogP contribution >= 0.6 is 0 Å². The monoisotopic (exact) mass is 182 g/mol. The molecule has 0 unspecified atom stereocenters. The third kappa shape index (κ3) is 2.57. The number of carbonyl (C=O) groups excluding carboxylic acids is 1. The SMILES string of the molecule is CCC(=O)NCc1oc(C)nc1C. The van der Waals surface area contributed by atoms with Gasteiger partial charge in [0.2, 0.25) is 5.91 Å². The van der Waals surface area contributed by atoms with Gasteiger partial charge in [0.15, 0.2) is 5.89 Å². The third-order valence-electron chi connectivity index (χ3n) is 1.77. The Morgan fingerprint density at radius 3 is 2.69 bits per heavy atom. The van der Waals surface area contributed by atoms with Gasteiger partial charge in [-0.2, -0.15) is 0 Å². The lowest BCUT2D eigenvalue weighted by atomic mass is 10.3. The minimum Gasteiger partial charge on any atom is -0.444 e. The van der Waals surface area contributed by atoms with E-state index in [9.17, 15) is 4.79 Å². The van der Waals surface area contributed by atoms with Crippen molar-refractivity contribution in [2.24, 2.45) is 0 Å². The Hall–Kier alpha value is -1.32. The summed E-state index contributed by atoms with van der Waals surface area (Å²) < 4.78 is 5.28. The first kappa shape index (κ1) is 9.77. The standard InChI is InChI=1S/C9H14N2O2/c1-4-9(12)10-5-8-6(2)11-7(3)13-8/h4-5H2,1-3H3,(H,10,12). The van der Waals surface area contributed by atoms with Crippen LogP contribution < -0.4 is 5.32 Å². The van der Waals surface area contributed by atoms with Crippen LogP contribution in [0.25, 0.3) is 0 Å². The summed E-state index contributed by atoms with van der Waals surface area (Å²) in [5.74, 6) is 1.39. The van der Waals surface area contributed by atoms with E-state index in [0.717, 1.165) is 11.5 Å². The van der Waals surface area contributed by atoms with E-state index in [1.165, 1.54) is 0 Å². The highest BCUT2D eigenvalue weighted by molar-refractivity contribution is 5.75. The van der Waals surface area contributed by atoms with E-state index in [-0.39, 0.29) is 5.91 Å². The van der Waals surface area contributed by atoms with Crippen molar-refractivity contribution >= 4 is 5.91 Å². The summed E-state index contributed by atoms with van der Waals surface area (Å²) in [6.07, 6.45) is 0.492. The van der Waals surface area contributed by atoms with Gasteiger partial charge < -0.3 is 9.73 Å². The van der Waals surface area contributed by atoms with Crippen LogP contribution in [0.2, 0.25) is 0 Å². The first-order valence-electron chi connectivity index (χ1n) is 4.33. The molecule has 1 heterocycles. The molecule has 4 nitrogen and oxygen atoms in total. The van der Waals surface area contributed by atoms with E-state index in [1.807, 2.05) is 13.8 Å². The van der Waals surface area contributed by atoms with E-state index in [0.29, 0.717) is 18.9 Å². The van der Waals surface area contributed by atoms with Crippen molar-refractivity contribution in [2.45, 2.75) is 33.7 Å². The minimum absolute atomic E-state index is 0.0217. The third-order valence-corrected chi connectivity index (χ3v) is 1.77. The summed E-state index contributed by atoms with van der Waals surface area (Å²) in [6, 6.07) is 0. The number of rotatable bonds is 3. The zero-order valence-electron chi connectivity index (χ0n) is 8.18. The fourth-order valence-electron chi connectivity index (χ4n) is 1.04. The van der Waals surface area contributed by atoms with Gasteiger partial charge >= 0.3 is 0 Å². The van der Waals surface area contributed by atoms with Gasteiger partial charge in [-0.05, 0) is 6.92 Å². The Labute approximate surface area is 77.3 Å². The van der Waals surface area contributed by atoms with Crippen LogP contribution in [0.3, 0.4) is 0 Å². The number of hydrogen-bond acceptors (Lipinski definition) is 3. The number of nitrogens with zero attached hydrogens (tertiary/aromatic N) is 1. The average Bonchev–Trinajstić information content (AvgIpc) is 2.41. The zero-order chi connectivity index (χ0) is 9.84. The molecule has 1 N–H and O–H groups in total. The molecule has 1 rings (SSSR count). The quantitative estimate of drug-likeness (QED) is 0.767. The fraction of sp³-hybridized carbons (Fsp3) is 0.556. The molecule has 4 heteroatoms. The largest absolute Gasteiger partial charge is 0.444 e. The molecule has 0 aliphatic rings. The smallest absolute Gasteiger partial charge is 0.220 e. The van der Waals surface area contributed by atoms with Gasteiger partial charge in [-0.15, -0.1) is 0 Å². The minimum atomic E-state index is 0.0217. The normalized spacial score (nSPS) is 10.1. The Bertz CT molecular complexity index is 305. The highest BCUT2D eigenvalue weighted by Gasteiger charge is 2.06. The van der Waals surface area contributed by atoms with Crippen LogP contribution in [-0.4, -0.2) is 10.9 Å². The summed E-state index contributed by atoms with van der Waals surface area (Å²) in [7, 11) is 0. The van der Waals surface area contributed by atoms with Gasteiger partial charge in [0.25, 0.3) is 0 Å². The van der Waals surface area contributed by atoms with Crippen molar-refractivity contribution in [1.29, 1.82) is 0 Å². The molecule has 1 aromatic rings. The van der Waals surface area contributed by atoms with Crippen molar-refractivity contribution in [3.8, 4) is 0 Å². The predicted molar refractivity (Wildman–Crippen MR) is 48.1 cm³/mol. The molecule has 0 atom stereocenters. The Balaban J connectivity index is 2.54. The molecular weight excluding hydrogens is 168 g/mol. The second-order valence-electron chi connectivity index (χ2n) is 2.87. The van der Waals surface area contributed by atoms with Gasteiger partial charge in [0.05, 0.1) is 12.2 Å². The topological polar surface area (TPSA) is 55.1 Å². The Morgan fingerprint density at radius 1 is 1.54 bits per heavy atom. The van der Waals surface area contributed by atoms with Gasteiger partial charge in [-0.25, -0.2) is 4.98 Å². The van der Waals surface area contributed by atoms with Crippen LogP contribution in [0.15, 0.2) is 4.42 Å². The van der Waals surface area contributed by atoms with Crippen LogP contribution in [0.5, 0.6) is 0 Å². The Kier molecular flexibility index (Phi) is 3.06. The second kappa shape index (κ2) is 4.07. The molecule has 0 radical (unpaired) electrons. The van der Waals surface area contributed by atoms with E-state index < -0.39 is 0 Å². The lowest BCUT2D eigenvalue weighted by Gasteiger charge is -1.99. The molecule has 0 bridgehead atoms. The molecule has 13 heavy (non-hydrogen) atoms. The number of amides is 1. The first-order valence-corrected chi connectivity index (χ1v) is 4.33. The molecule has 72 valence electrons. The van der Waals surface area contributed by atoms with Crippen LogP contribution in [0, 0.1) is 13.8 Å². The number of aromatic nitrogens is 1. The van der Waals surface area contributed by atoms with Gasteiger partial charge in [-0.3, -0.25) is 4.79 Å². The molecular formula is C9H14N2O2. The van der Waals surface area contributed by atoms with Crippen molar-refractivity contribution in [2.75, 3.05) is 0 Å². The van der Waals surface area contributed by atoms with Crippen molar-refractivity contribution in [3.05, 3.63) is 17.3 Å². The predicted octanol–water partition coefficient (Wildman–Crippen LogP) is 1.32. The highest BCUT2D eigenvalue weighted by atomic mass is 16.4. The van der Waals surface area contributed by atoms with Crippen LogP contribution in [-0.2, 0) is 11.3 Å². The summed E-state index contributed by atoms with van der Waals surface area (Å²) in [4.78, 5) is 15.0. The average molecular weight is 182 g/mol. The van der Waals surface area contributed by atoms with Gasteiger partial charge in [-0.1, -0.05) is 6.92 Å². The number of nitrogens with one attached hydrogen (secondary N) is 1. The van der Waals surface area contributed by atoms with Crippen molar-refractivity contribution in [3.63, 3.8) is 0 Å².